The number of ether oxygens (including phenoxy) is 1. The monoisotopic (exact) mass is 234 g/mol. The van der Waals surface area contributed by atoms with Crippen LogP contribution in [-0.4, -0.2) is 5.11 Å². The minimum absolute atomic E-state index is 0.136. The maximum absolute atomic E-state index is 9.18. The lowest BCUT2D eigenvalue weighted by Crippen LogP contribution is -1.95. The molecule has 0 unspecified atom stereocenters. The number of phenolic OH excluding ortho intramolecular Hbond substituents is 1. The summed E-state index contributed by atoms with van der Waals surface area (Å²) < 4.78 is 5.53. The van der Waals surface area contributed by atoms with Crippen LogP contribution in [0.2, 0.25) is 5.02 Å². The van der Waals surface area contributed by atoms with Crippen molar-refractivity contribution in [1.29, 1.82) is 0 Å². The van der Waals surface area contributed by atoms with Crippen LogP contribution < -0.4 is 4.74 Å². The van der Waals surface area contributed by atoms with E-state index in [0.717, 1.165) is 5.56 Å². The second kappa shape index (κ2) is 4.90. The van der Waals surface area contributed by atoms with Gasteiger partial charge in [-0.1, -0.05) is 41.9 Å². The number of hydrogen-bond donors (Lipinski definition) is 1. The highest BCUT2D eigenvalue weighted by atomic mass is 35.5. The first-order valence-electron chi connectivity index (χ1n) is 4.91. The molecular weight excluding hydrogens is 224 g/mol. The summed E-state index contributed by atoms with van der Waals surface area (Å²) in [5, 5.41) is 9.60. The Morgan fingerprint density at radius 3 is 2.50 bits per heavy atom. The van der Waals surface area contributed by atoms with Crippen LogP contribution in [0.4, 0.5) is 0 Å². The molecule has 0 aromatic heterocycles. The molecule has 0 saturated heterocycles. The van der Waals surface area contributed by atoms with Gasteiger partial charge in [0.15, 0.2) is 0 Å². The van der Waals surface area contributed by atoms with Crippen molar-refractivity contribution < 1.29 is 9.84 Å². The third kappa shape index (κ3) is 2.67. The molecule has 0 radical (unpaired) electrons. The van der Waals surface area contributed by atoms with Crippen LogP contribution in [-0.2, 0) is 6.61 Å². The summed E-state index contributed by atoms with van der Waals surface area (Å²) in [6.45, 7) is 0.464. The third-order valence-corrected chi connectivity index (χ3v) is 2.45. The van der Waals surface area contributed by atoms with Gasteiger partial charge in [0, 0.05) is 6.07 Å². The molecule has 82 valence electrons. The number of phenols is 1. The predicted molar refractivity (Wildman–Crippen MR) is 63.9 cm³/mol. The van der Waals surface area contributed by atoms with Gasteiger partial charge in [-0.05, 0) is 17.7 Å². The maximum Gasteiger partial charge on any atom is 0.138 e. The fraction of sp³-hybridized carbons (Fsp3) is 0.0769. The first kappa shape index (κ1) is 10.8. The van der Waals surface area contributed by atoms with E-state index in [9.17, 15) is 5.11 Å². The van der Waals surface area contributed by atoms with Crippen LogP contribution in [0.1, 0.15) is 5.56 Å². The lowest BCUT2D eigenvalue weighted by Gasteiger charge is -2.08. The minimum atomic E-state index is 0.136. The second-order valence-electron chi connectivity index (χ2n) is 3.39. The Labute approximate surface area is 99.1 Å². The van der Waals surface area contributed by atoms with Crippen molar-refractivity contribution >= 4 is 11.6 Å². The van der Waals surface area contributed by atoms with Gasteiger partial charge in [0.1, 0.15) is 18.1 Å². The van der Waals surface area contributed by atoms with Crippen LogP contribution in [0.15, 0.2) is 48.5 Å². The number of benzene rings is 2. The van der Waals surface area contributed by atoms with Crippen molar-refractivity contribution in [3.63, 3.8) is 0 Å². The van der Waals surface area contributed by atoms with Crippen LogP contribution in [0.5, 0.6) is 11.5 Å². The number of hydrogen-bond acceptors (Lipinski definition) is 2. The molecule has 2 nitrogen and oxygen atoms in total. The number of aromatic hydroxyl groups is 1. The van der Waals surface area contributed by atoms with Crippen molar-refractivity contribution in [3.8, 4) is 11.5 Å². The molecule has 0 saturated carbocycles. The van der Waals surface area contributed by atoms with Crippen LogP contribution in [0.25, 0.3) is 0 Å². The molecule has 0 aliphatic heterocycles. The molecule has 2 aromatic carbocycles. The fourth-order valence-electron chi connectivity index (χ4n) is 1.34. The first-order chi connectivity index (χ1) is 7.75. The van der Waals surface area contributed by atoms with E-state index in [4.69, 9.17) is 16.3 Å². The van der Waals surface area contributed by atoms with E-state index in [1.165, 1.54) is 6.07 Å². The van der Waals surface area contributed by atoms with Gasteiger partial charge in [-0.25, -0.2) is 0 Å². The normalized spacial score (nSPS) is 10.1. The van der Waals surface area contributed by atoms with Gasteiger partial charge in [-0.15, -0.1) is 0 Å². The fourth-order valence-corrected chi connectivity index (χ4v) is 1.57. The summed E-state index contributed by atoms with van der Waals surface area (Å²) in [7, 11) is 0. The van der Waals surface area contributed by atoms with Crippen molar-refractivity contribution in [2.45, 2.75) is 6.61 Å². The van der Waals surface area contributed by atoms with Gasteiger partial charge in [-0.3, -0.25) is 0 Å². The van der Waals surface area contributed by atoms with Gasteiger partial charge in [0.05, 0.1) is 5.02 Å². The molecular formula is C13H11ClO2. The molecule has 2 aromatic rings. The first-order valence-corrected chi connectivity index (χ1v) is 5.29. The summed E-state index contributed by atoms with van der Waals surface area (Å²) in [5.74, 6) is 0.709. The molecule has 0 heterocycles. The lowest BCUT2D eigenvalue weighted by atomic mass is 10.2. The van der Waals surface area contributed by atoms with E-state index in [-0.39, 0.29) is 5.75 Å². The van der Waals surface area contributed by atoms with Gasteiger partial charge < -0.3 is 9.84 Å². The average molecular weight is 235 g/mol. The molecule has 0 bridgehead atoms. The molecule has 0 atom stereocenters. The highest BCUT2D eigenvalue weighted by Gasteiger charge is 2.02. The standard InChI is InChI=1S/C13H11ClO2/c14-12-8-11(15)6-7-13(12)16-9-10-4-2-1-3-5-10/h1-8,15H,9H2. The van der Waals surface area contributed by atoms with E-state index >= 15 is 0 Å². The maximum atomic E-state index is 9.18. The smallest absolute Gasteiger partial charge is 0.138 e. The lowest BCUT2D eigenvalue weighted by molar-refractivity contribution is 0.306. The molecule has 1 N–H and O–H groups in total. The molecule has 3 heteroatoms. The molecule has 2 rings (SSSR count). The third-order valence-electron chi connectivity index (χ3n) is 2.15. The highest BCUT2D eigenvalue weighted by molar-refractivity contribution is 6.32. The summed E-state index contributed by atoms with van der Waals surface area (Å²) in [5.41, 5.74) is 1.08. The summed E-state index contributed by atoms with van der Waals surface area (Å²) in [6, 6.07) is 14.5. The van der Waals surface area contributed by atoms with E-state index in [1.807, 2.05) is 30.3 Å². The number of halogens is 1. The summed E-state index contributed by atoms with van der Waals surface area (Å²) in [6.07, 6.45) is 0. The van der Waals surface area contributed by atoms with E-state index in [0.29, 0.717) is 17.4 Å². The van der Waals surface area contributed by atoms with Crippen LogP contribution in [0, 0.1) is 0 Å². The quantitative estimate of drug-likeness (QED) is 0.879. The van der Waals surface area contributed by atoms with Crippen molar-refractivity contribution in [2.24, 2.45) is 0 Å². The van der Waals surface area contributed by atoms with Gasteiger partial charge in [-0.2, -0.15) is 0 Å². The second-order valence-corrected chi connectivity index (χ2v) is 3.80. The summed E-state index contributed by atoms with van der Waals surface area (Å²) in [4.78, 5) is 0. The average Bonchev–Trinajstić information content (AvgIpc) is 2.29. The molecule has 16 heavy (non-hydrogen) atoms. The predicted octanol–water partition coefficient (Wildman–Crippen LogP) is 3.62. The van der Waals surface area contributed by atoms with Crippen LogP contribution in [0.3, 0.4) is 0 Å². The van der Waals surface area contributed by atoms with Crippen molar-refractivity contribution in [3.05, 3.63) is 59.1 Å². The van der Waals surface area contributed by atoms with Gasteiger partial charge >= 0.3 is 0 Å². The Morgan fingerprint density at radius 1 is 1.06 bits per heavy atom. The Bertz CT molecular complexity index is 469. The molecule has 0 amide bonds. The SMILES string of the molecule is Oc1ccc(OCc2ccccc2)c(Cl)c1. The Morgan fingerprint density at radius 2 is 1.81 bits per heavy atom. The highest BCUT2D eigenvalue weighted by Crippen LogP contribution is 2.28. The molecule has 0 spiro atoms. The summed E-state index contributed by atoms with van der Waals surface area (Å²) >= 11 is 5.91. The minimum Gasteiger partial charge on any atom is -0.508 e. The Kier molecular flexibility index (Phi) is 3.32. The zero-order chi connectivity index (χ0) is 11.4. The zero-order valence-electron chi connectivity index (χ0n) is 8.56. The van der Waals surface area contributed by atoms with Crippen molar-refractivity contribution in [2.75, 3.05) is 0 Å². The largest absolute Gasteiger partial charge is 0.508 e. The van der Waals surface area contributed by atoms with E-state index in [2.05, 4.69) is 0 Å². The van der Waals surface area contributed by atoms with E-state index < -0.39 is 0 Å². The van der Waals surface area contributed by atoms with Crippen molar-refractivity contribution in [1.82, 2.24) is 0 Å². The topological polar surface area (TPSA) is 29.5 Å². The molecule has 0 fully saturated rings. The Balaban J connectivity index is 2.05. The molecule has 0 aliphatic rings. The zero-order valence-corrected chi connectivity index (χ0v) is 9.32. The van der Waals surface area contributed by atoms with Gasteiger partial charge in [0.2, 0.25) is 0 Å². The molecule has 0 aliphatic carbocycles. The van der Waals surface area contributed by atoms with Crippen LogP contribution >= 0.6 is 11.6 Å². The Hall–Kier alpha value is -1.67. The van der Waals surface area contributed by atoms with Gasteiger partial charge in [0.25, 0.3) is 0 Å². The van der Waals surface area contributed by atoms with E-state index in [1.54, 1.807) is 12.1 Å². The number of rotatable bonds is 3.